The Hall–Kier alpha value is -3.37. The Kier molecular flexibility index (Phi) is 5.18. The summed E-state index contributed by atoms with van der Waals surface area (Å²) < 4.78 is 28.3. The lowest BCUT2D eigenvalue weighted by Crippen LogP contribution is -2.67. The van der Waals surface area contributed by atoms with E-state index in [0.717, 1.165) is 33.5 Å². The molecule has 0 bridgehead atoms. The average Bonchev–Trinajstić information content (AvgIpc) is 3.19. The van der Waals surface area contributed by atoms with E-state index in [9.17, 15) is 18.0 Å². The highest BCUT2D eigenvalue weighted by Crippen LogP contribution is 2.42. The number of H-pyrrole nitrogens is 1. The third-order valence-electron chi connectivity index (χ3n) is 6.98. The third-order valence-corrected chi connectivity index (χ3v) is 7.91. The number of amides is 2. The number of fused-ring (bicyclic) bond motifs is 5. The first-order valence-electron chi connectivity index (χ1n) is 11.0. The normalized spacial score (nSPS) is 20.4. The van der Waals surface area contributed by atoms with Crippen LogP contribution in [-0.2, 0) is 38.0 Å². The number of rotatable bonds is 5. The maximum Gasteiger partial charge on any atom is 0.254 e. The smallest absolute Gasteiger partial charge is 0.254 e. The molecule has 3 N–H and O–H groups in total. The second-order valence-corrected chi connectivity index (χ2v) is 10.5. The summed E-state index contributed by atoms with van der Waals surface area (Å²) in [7, 11) is -2.14. The maximum absolute atomic E-state index is 13.8. The number of aromatic amines is 1. The Morgan fingerprint density at radius 3 is 2.56 bits per heavy atom. The molecule has 2 amide bonds. The van der Waals surface area contributed by atoms with Gasteiger partial charge in [0, 0.05) is 24.0 Å². The topological polar surface area (TPSA) is 126 Å². The van der Waals surface area contributed by atoms with Crippen LogP contribution in [0.3, 0.4) is 0 Å². The van der Waals surface area contributed by atoms with Gasteiger partial charge in [0.1, 0.15) is 5.75 Å². The molecule has 1 saturated heterocycles. The number of benzene rings is 2. The van der Waals surface area contributed by atoms with Crippen LogP contribution >= 0.6 is 0 Å². The molecule has 5 rings (SSSR count). The first kappa shape index (κ1) is 22.4. The number of nitrogens with zero attached hydrogens (tertiary/aromatic N) is 2. The summed E-state index contributed by atoms with van der Waals surface area (Å²) in [4.78, 5) is 33.6. The van der Waals surface area contributed by atoms with Gasteiger partial charge in [-0.05, 0) is 61.2 Å². The largest absolute Gasteiger partial charge is 0.497 e. The van der Waals surface area contributed by atoms with E-state index in [-0.39, 0.29) is 23.3 Å². The molecule has 10 heteroatoms. The quantitative estimate of drug-likeness (QED) is 0.570. The number of carbonyl (C=O) groups excluding carboxylic acids is 2. The molecule has 0 radical (unpaired) electrons. The minimum absolute atomic E-state index is 0.0209. The van der Waals surface area contributed by atoms with Crippen molar-refractivity contribution in [2.75, 3.05) is 26.7 Å². The molecule has 1 atom stereocenters. The second-order valence-electron chi connectivity index (χ2n) is 8.92. The minimum Gasteiger partial charge on any atom is -0.497 e. The molecule has 1 unspecified atom stereocenters. The Bertz CT molecular complexity index is 1410. The third kappa shape index (κ3) is 3.45. The SMILES string of the molecule is COc1ccc2[nH]c3c(c2c1)CCN1C(=O)CN(CCc2ccc(S(N)(=O)=O)cc2)C(=O)C31C. The number of hydrogen-bond acceptors (Lipinski definition) is 5. The predicted molar refractivity (Wildman–Crippen MR) is 126 cm³/mol. The van der Waals surface area contributed by atoms with Crippen LogP contribution in [0.2, 0.25) is 0 Å². The summed E-state index contributed by atoms with van der Waals surface area (Å²) in [5.41, 5.74) is 2.42. The van der Waals surface area contributed by atoms with E-state index < -0.39 is 15.6 Å². The van der Waals surface area contributed by atoms with E-state index in [1.165, 1.54) is 12.1 Å². The number of nitrogens with two attached hydrogens (primary N) is 1. The lowest BCUT2D eigenvalue weighted by molar-refractivity contribution is -0.165. The molecule has 178 valence electrons. The number of ether oxygens (including phenoxy) is 1. The van der Waals surface area contributed by atoms with Crippen molar-refractivity contribution in [2.24, 2.45) is 5.14 Å². The van der Waals surface area contributed by atoms with Gasteiger partial charge in [0.2, 0.25) is 15.9 Å². The van der Waals surface area contributed by atoms with Gasteiger partial charge in [-0.15, -0.1) is 0 Å². The first-order chi connectivity index (χ1) is 16.1. The van der Waals surface area contributed by atoms with Crippen molar-refractivity contribution < 1.29 is 22.7 Å². The molecule has 2 aromatic carbocycles. The van der Waals surface area contributed by atoms with E-state index in [0.29, 0.717) is 25.9 Å². The highest BCUT2D eigenvalue weighted by Gasteiger charge is 2.53. The lowest BCUT2D eigenvalue weighted by Gasteiger charge is -2.49. The summed E-state index contributed by atoms with van der Waals surface area (Å²) in [6, 6.07) is 12.0. The average molecular weight is 483 g/mol. The van der Waals surface area contributed by atoms with Crippen LogP contribution in [0.15, 0.2) is 47.4 Å². The molecule has 0 aliphatic carbocycles. The van der Waals surface area contributed by atoms with Crippen LogP contribution in [0.1, 0.15) is 23.7 Å². The Labute approximate surface area is 197 Å². The van der Waals surface area contributed by atoms with E-state index in [1.54, 1.807) is 29.0 Å². The van der Waals surface area contributed by atoms with Crippen LogP contribution < -0.4 is 9.88 Å². The summed E-state index contributed by atoms with van der Waals surface area (Å²) in [5.74, 6) is 0.518. The zero-order valence-corrected chi connectivity index (χ0v) is 19.8. The van der Waals surface area contributed by atoms with E-state index >= 15 is 0 Å². The second kappa shape index (κ2) is 7.85. The van der Waals surface area contributed by atoms with Crippen molar-refractivity contribution in [3.05, 3.63) is 59.3 Å². The molecular weight excluding hydrogens is 456 g/mol. The molecule has 2 aliphatic heterocycles. The van der Waals surface area contributed by atoms with Crippen molar-refractivity contribution in [2.45, 2.75) is 30.2 Å². The Balaban J connectivity index is 1.44. The zero-order valence-electron chi connectivity index (χ0n) is 19.0. The minimum atomic E-state index is -3.76. The molecule has 2 aliphatic rings. The highest BCUT2D eigenvalue weighted by atomic mass is 32.2. The number of hydrogen-bond donors (Lipinski definition) is 2. The number of aromatic nitrogens is 1. The van der Waals surface area contributed by atoms with Gasteiger partial charge in [-0.2, -0.15) is 0 Å². The van der Waals surface area contributed by atoms with Crippen molar-refractivity contribution >= 4 is 32.7 Å². The monoisotopic (exact) mass is 482 g/mol. The van der Waals surface area contributed by atoms with Crippen molar-refractivity contribution in [1.29, 1.82) is 0 Å². The molecule has 9 nitrogen and oxygen atoms in total. The zero-order chi connectivity index (χ0) is 24.3. The fourth-order valence-corrected chi connectivity index (χ4v) is 5.64. The van der Waals surface area contributed by atoms with Gasteiger partial charge in [0.25, 0.3) is 5.91 Å². The number of nitrogens with one attached hydrogen (secondary N) is 1. The molecule has 1 fully saturated rings. The first-order valence-corrected chi connectivity index (χ1v) is 12.6. The van der Waals surface area contributed by atoms with Crippen LogP contribution in [-0.4, -0.2) is 61.8 Å². The summed E-state index contributed by atoms with van der Waals surface area (Å²) in [5, 5.41) is 6.16. The standard InChI is InChI=1S/C24H26N4O5S/c1-24-22-18(19-13-16(33-2)5-8-20(19)26-22)10-12-28(24)21(29)14-27(23(24)30)11-9-15-3-6-17(7-4-15)34(25,31)32/h3-8,13,26H,9-12,14H2,1-2H3,(H2,25,31,32). The van der Waals surface area contributed by atoms with Gasteiger partial charge in [-0.3, -0.25) is 9.59 Å². The number of methoxy groups -OCH3 is 1. The van der Waals surface area contributed by atoms with Gasteiger partial charge in [0.05, 0.1) is 24.2 Å². The van der Waals surface area contributed by atoms with Gasteiger partial charge < -0.3 is 19.5 Å². The number of sulfonamides is 1. The lowest BCUT2D eigenvalue weighted by atomic mass is 9.83. The summed E-state index contributed by atoms with van der Waals surface area (Å²) in [6.07, 6.45) is 1.14. The van der Waals surface area contributed by atoms with Gasteiger partial charge >= 0.3 is 0 Å². The van der Waals surface area contributed by atoms with E-state index in [1.807, 2.05) is 25.1 Å². The molecule has 3 aromatic rings. The number of primary sulfonamides is 1. The molecular formula is C24H26N4O5S. The van der Waals surface area contributed by atoms with Crippen LogP contribution in [0.4, 0.5) is 0 Å². The van der Waals surface area contributed by atoms with Crippen LogP contribution in [0, 0.1) is 0 Å². The number of piperazine rings is 1. The summed E-state index contributed by atoms with van der Waals surface area (Å²) in [6.45, 7) is 2.64. The van der Waals surface area contributed by atoms with Crippen LogP contribution in [0.25, 0.3) is 10.9 Å². The molecule has 0 saturated carbocycles. The fourth-order valence-electron chi connectivity index (χ4n) is 5.13. The van der Waals surface area contributed by atoms with Gasteiger partial charge in [0.15, 0.2) is 5.54 Å². The number of carbonyl (C=O) groups is 2. The molecule has 0 spiro atoms. The van der Waals surface area contributed by atoms with E-state index in [2.05, 4.69) is 4.98 Å². The van der Waals surface area contributed by atoms with E-state index in [4.69, 9.17) is 9.88 Å². The Morgan fingerprint density at radius 2 is 1.88 bits per heavy atom. The molecule has 34 heavy (non-hydrogen) atoms. The van der Waals surface area contributed by atoms with Crippen molar-refractivity contribution in [3.63, 3.8) is 0 Å². The summed E-state index contributed by atoms with van der Waals surface area (Å²) >= 11 is 0. The fraction of sp³-hybridized carbons (Fsp3) is 0.333. The maximum atomic E-state index is 13.8. The molecule has 3 heterocycles. The Morgan fingerprint density at radius 1 is 1.15 bits per heavy atom. The van der Waals surface area contributed by atoms with Crippen molar-refractivity contribution in [3.8, 4) is 5.75 Å². The molecule has 1 aromatic heterocycles. The van der Waals surface area contributed by atoms with Gasteiger partial charge in [-0.25, -0.2) is 13.6 Å². The van der Waals surface area contributed by atoms with Gasteiger partial charge in [-0.1, -0.05) is 12.1 Å². The van der Waals surface area contributed by atoms with Crippen molar-refractivity contribution in [1.82, 2.24) is 14.8 Å². The van der Waals surface area contributed by atoms with Crippen LogP contribution in [0.5, 0.6) is 5.75 Å². The highest BCUT2D eigenvalue weighted by molar-refractivity contribution is 7.89. The predicted octanol–water partition coefficient (Wildman–Crippen LogP) is 1.51.